The van der Waals surface area contributed by atoms with Crippen molar-refractivity contribution in [3.63, 3.8) is 0 Å². The molecule has 4 nitrogen and oxygen atoms in total. The zero-order valence-corrected chi connectivity index (χ0v) is 12.2. The number of nitrogens with one attached hydrogen (secondary N) is 1. The molecule has 0 unspecified atom stereocenters. The molecule has 0 aromatic carbocycles. The van der Waals surface area contributed by atoms with Crippen LogP contribution in [0.3, 0.4) is 0 Å². The van der Waals surface area contributed by atoms with E-state index in [0.717, 1.165) is 21.3 Å². The van der Waals surface area contributed by atoms with Crippen LogP contribution in [0.2, 0.25) is 0 Å². The van der Waals surface area contributed by atoms with Gasteiger partial charge in [-0.15, -0.1) is 0 Å². The maximum atomic E-state index is 5.32. The third-order valence-electron chi connectivity index (χ3n) is 1.78. The molecule has 1 heterocycles. The van der Waals surface area contributed by atoms with E-state index in [1.807, 2.05) is 6.07 Å². The number of aromatic nitrogens is 1. The van der Waals surface area contributed by atoms with Gasteiger partial charge in [0.2, 0.25) is 0 Å². The van der Waals surface area contributed by atoms with Gasteiger partial charge < -0.3 is 14.8 Å². The molecule has 0 spiro atoms. The Morgan fingerprint density at radius 2 is 2.12 bits per heavy atom. The molecule has 0 fully saturated rings. The Morgan fingerprint density at radius 3 is 2.81 bits per heavy atom. The highest BCUT2D eigenvalue weighted by atomic mass is 79.9. The van der Waals surface area contributed by atoms with E-state index in [0.29, 0.717) is 19.8 Å². The molecule has 0 aliphatic rings. The summed E-state index contributed by atoms with van der Waals surface area (Å²) in [7, 11) is 1.66. The van der Waals surface area contributed by atoms with E-state index in [1.165, 1.54) is 0 Å². The minimum absolute atomic E-state index is 0.618. The van der Waals surface area contributed by atoms with Gasteiger partial charge in [0.25, 0.3) is 0 Å². The number of halogens is 2. The number of pyridine rings is 1. The van der Waals surface area contributed by atoms with E-state index in [9.17, 15) is 0 Å². The molecule has 0 aliphatic carbocycles. The van der Waals surface area contributed by atoms with Gasteiger partial charge >= 0.3 is 0 Å². The van der Waals surface area contributed by atoms with E-state index in [2.05, 4.69) is 42.2 Å². The van der Waals surface area contributed by atoms with Gasteiger partial charge in [0.05, 0.1) is 24.3 Å². The van der Waals surface area contributed by atoms with Gasteiger partial charge in [-0.05, 0) is 37.9 Å². The molecule has 0 saturated carbocycles. The number of nitrogens with zero attached hydrogens (tertiary/aromatic N) is 1. The van der Waals surface area contributed by atoms with Crippen LogP contribution in [0.4, 0.5) is 5.82 Å². The van der Waals surface area contributed by atoms with E-state index >= 15 is 0 Å². The van der Waals surface area contributed by atoms with Gasteiger partial charge in [0, 0.05) is 24.3 Å². The van der Waals surface area contributed by atoms with Crippen LogP contribution in [0, 0.1) is 0 Å². The first-order chi connectivity index (χ1) is 7.74. The molecule has 6 heteroatoms. The van der Waals surface area contributed by atoms with Crippen LogP contribution in [0.1, 0.15) is 0 Å². The summed E-state index contributed by atoms with van der Waals surface area (Å²) in [5.41, 5.74) is 0. The zero-order chi connectivity index (χ0) is 11.8. The molecular formula is C10H14Br2N2O2. The van der Waals surface area contributed by atoms with E-state index in [-0.39, 0.29) is 0 Å². The molecule has 0 atom stereocenters. The second kappa shape index (κ2) is 8.00. The van der Waals surface area contributed by atoms with Crippen molar-refractivity contribution in [1.29, 1.82) is 0 Å². The Labute approximate surface area is 112 Å². The van der Waals surface area contributed by atoms with Crippen LogP contribution >= 0.6 is 31.9 Å². The Hall–Kier alpha value is -0.170. The standard InChI is InChI=1S/C10H14Br2N2O2/c1-15-4-5-16-3-2-13-10-9(12)6-8(11)7-14-10/h6-7H,2-5H2,1H3,(H,13,14). The molecule has 1 aromatic rings. The van der Waals surface area contributed by atoms with Crippen molar-refractivity contribution < 1.29 is 9.47 Å². The molecule has 1 N–H and O–H groups in total. The Balaban J connectivity index is 2.21. The van der Waals surface area contributed by atoms with Crippen molar-refractivity contribution >= 4 is 37.7 Å². The third-order valence-corrected chi connectivity index (χ3v) is 2.82. The highest BCUT2D eigenvalue weighted by Crippen LogP contribution is 2.22. The Kier molecular flexibility index (Phi) is 6.95. The second-order valence-electron chi connectivity index (χ2n) is 3.02. The first-order valence-corrected chi connectivity index (χ1v) is 6.44. The lowest BCUT2D eigenvalue weighted by Crippen LogP contribution is -2.12. The topological polar surface area (TPSA) is 43.4 Å². The summed E-state index contributed by atoms with van der Waals surface area (Å²) in [6.07, 6.45) is 1.75. The molecule has 1 rings (SSSR count). The lowest BCUT2D eigenvalue weighted by Gasteiger charge is -2.08. The summed E-state index contributed by atoms with van der Waals surface area (Å²) in [4.78, 5) is 4.23. The number of anilines is 1. The van der Waals surface area contributed by atoms with Crippen molar-refractivity contribution in [2.75, 3.05) is 38.8 Å². The predicted octanol–water partition coefficient (Wildman–Crippen LogP) is 2.68. The van der Waals surface area contributed by atoms with Crippen molar-refractivity contribution in [2.45, 2.75) is 0 Å². The van der Waals surface area contributed by atoms with Crippen molar-refractivity contribution in [3.8, 4) is 0 Å². The average Bonchev–Trinajstić information content (AvgIpc) is 2.26. The third kappa shape index (κ3) is 5.25. The lowest BCUT2D eigenvalue weighted by molar-refractivity contribution is 0.0759. The largest absolute Gasteiger partial charge is 0.382 e. The van der Waals surface area contributed by atoms with Crippen molar-refractivity contribution in [1.82, 2.24) is 4.98 Å². The molecule has 16 heavy (non-hydrogen) atoms. The lowest BCUT2D eigenvalue weighted by atomic mass is 10.4. The maximum Gasteiger partial charge on any atom is 0.140 e. The first kappa shape index (κ1) is 13.9. The quantitative estimate of drug-likeness (QED) is 0.765. The average molecular weight is 354 g/mol. The SMILES string of the molecule is COCCOCCNc1ncc(Br)cc1Br. The molecule has 1 aromatic heterocycles. The minimum atomic E-state index is 0.618. The summed E-state index contributed by atoms with van der Waals surface area (Å²) < 4.78 is 12.1. The van der Waals surface area contributed by atoms with Gasteiger partial charge in [0.1, 0.15) is 5.82 Å². The van der Waals surface area contributed by atoms with Crippen LogP contribution in [-0.4, -0.2) is 38.5 Å². The molecule has 90 valence electrons. The van der Waals surface area contributed by atoms with Gasteiger partial charge in [0.15, 0.2) is 0 Å². The normalized spacial score (nSPS) is 10.4. The molecule has 0 radical (unpaired) electrons. The Bertz CT molecular complexity index is 324. The zero-order valence-electron chi connectivity index (χ0n) is 9.00. The summed E-state index contributed by atoms with van der Waals surface area (Å²) in [6.45, 7) is 2.60. The number of hydrogen-bond donors (Lipinski definition) is 1. The number of ether oxygens (including phenoxy) is 2. The van der Waals surface area contributed by atoms with Crippen LogP contribution in [0.25, 0.3) is 0 Å². The number of methoxy groups -OCH3 is 1. The predicted molar refractivity (Wildman–Crippen MR) is 70.8 cm³/mol. The summed E-state index contributed by atoms with van der Waals surface area (Å²) >= 11 is 6.77. The fourth-order valence-corrected chi connectivity index (χ4v) is 2.16. The maximum absolute atomic E-state index is 5.32. The fraction of sp³-hybridized carbons (Fsp3) is 0.500. The van der Waals surface area contributed by atoms with Crippen molar-refractivity contribution in [3.05, 3.63) is 21.2 Å². The smallest absolute Gasteiger partial charge is 0.140 e. The fourth-order valence-electron chi connectivity index (χ4n) is 1.03. The molecule has 0 saturated heterocycles. The van der Waals surface area contributed by atoms with E-state index in [4.69, 9.17) is 9.47 Å². The van der Waals surface area contributed by atoms with E-state index < -0.39 is 0 Å². The molecule has 0 bridgehead atoms. The van der Waals surface area contributed by atoms with Crippen LogP contribution in [0.5, 0.6) is 0 Å². The summed E-state index contributed by atoms with van der Waals surface area (Å²) in [6, 6.07) is 1.95. The number of hydrogen-bond acceptors (Lipinski definition) is 4. The minimum Gasteiger partial charge on any atom is -0.382 e. The van der Waals surface area contributed by atoms with Gasteiger partial charge in [-0.1, -0.05) is 0 Å². The molecular weight excluding hydrogens is 340 g/mol. The van der Waals surface area contributed by atoms with Gasteiger partial charge in [-0.2, -0.15) is 0 Å². The van der Waals surface area contributed by atoms with Crippen LogP contribution < -0.4 is 5.32 Å². The molecule has 0 amide bonds. The van der Waals surface area contributed by atoms with E-state index in [1.54, 1.807) is 13.3 Å². The summed E-state index contributed by atoms with van der Waals surface area (Å²) in [5.74, 6) is 0.818. The number of rotatable bonds is 7. The van der Waals surface area contributed by atoms with Crippen LogP contribution in [-0.2, 0) is 9.47 Å². The van der Waals surface area contributed by atoms with Gasteiger partial charge in [-0.3, -0.25) is 0 Å². The van der Waals surface area contributed by atoms with Crippen molar-refractivity contribution in [2.24, 2.45) is 0 Å². The summed E-state index contributed by atoms with van der Waals surface area (Å²) in [5, 5.41) is 3.17. The highest BCUT2D eigenvalue weighted by Gasteiger charge is 2.00. The van der Waals surface area contributed by atoms with Crippen LogP contribution in [0.15, 0.2) is 21.2 Å². The molecule has 0 aliphatic heterocycles. The Morgan fingerprint density at radius 1 is 1.31 bits per heavy atom. The first-order valence-electron chi connectivity index (χ1n) is 4.85. The monoisotopic (exact) mass is 352 g/mol. The van der Waals surface area contributed by atoms with Gasteiger partial charge in [-0.25, -0.2) is 4.98 Å². The second-order valence-corrected chi connectivity index (χ2v) is 4.79. The highest BCUT2D eigenvalue weighted by molar-refractivity contribution is 9.11.